The lowest BCUT2D eigenvalue weighted by molar-refractivity contribution is -0.132. The molecule has 0 bridgehead atoms. The largest absolute Gasteiger partial charge is 0.491 e. The smallest absolute Gasteiger partial charge is 0.226 e. The van der Waals surface area contributed by atoms with Gasteiger partial charge >= 0.3 is 0 Å². The first kappa shape index (κ1) is 18.8. The molecule has 2 rings (SSSR count). The first-order valence-corrected chi connectivity index (χ1v) is 8.41. The SMILES string of the molecule is NC(=O)CCN(Cc1ccccc1)C(=O)CCOc1ccccc1Cl. The van der Waals surface area contributed by atoms with Crippen molar-refractivity contribution in [3.8, 4) is 5.75 Å². The molecule has 0 aliphatic carbocycles. The van der Waals surface area contributed by atoms with E-state index in [4.69, 9.17) is 22.1 Å². The van der Waals surface area contributed by atoms with Crippen LogP contribution in [0.1, 0.15) is 18.4 Å². The number of amides is 2. The lowest BCUT2D eigenvalue weighted by atomic mass is 10.2. The van der Waals surface area contributed by atoms with Crippen LogP contribution in [-0.2, 0) is 16.1 Å². The molecule has 0 unspecified atom stereocenters. The number of carbonyl (C=O) groups excluding carboxylic acids is 2. The quantitative estimate of drug-likeness (QED) is 0.747. The van der Waals surface area contributed by atoms with Gasteiger partial charge in [-0.1, -0.05) is 54.1 Å². The van der Waals surface area contributed by atoms with Crippen LogP contribution in [0, 0.1) is 0 Å². The summed E-state index contributed by atoms with van der Waals surface area (Å²) in [6.07, 6.45) is 0.320. The molecule has 2 aromatic rings. The maximum absolute atomic E-state index is 12.5. The first-order chi connectivity index (χ1) is 12.1. The number of nitrogens with two attached hydrogens (primary N) is 1. The standard InChI is InChI=1S/C19H21ClN2O3/c20-16-8-4-5-9-17(16)25-13-11-19(24)22(12-10-18(21)23)14-15-6-2-1-3-7-15/h1-9H,10-14H2,(H2,21,23). The molecular weight excluding hydrogens is 340 g/mol. The van der Waals surface area contributed by atoms with E-state index < -0.39 is 5.91 Å². The van der Waals surface area contributed by atoms with Crippen molar-refractivity contribution in [2.45, 2.75) is 19.4 Å². The predicted molar refractivity (Wildman–Crippen MR) is 97.2 cm³/mol. The molecule has 6 heteroatoms. The van der Waals surface area contributed by atoms with E-state index in [1.807, 2.05) is 42.5 Å². The highest BCUT2D eigenvalue weighted by atomic mass is 35.5. The normalized spacial score (nSPS) is 10.3. The van der Waals surface area contributed by atoms with Crippen LogP contribution >= 0.6 is 11.6 Å². The molecule has 25 heavy (non-hydrogen) atoms. The Morgan fingerprint density at radius 2 is 1.68 bits per heavy atom. The Balaban J connectivity index is 1.92. The second-order valence-corrected chi connectivity index (χ2v) is 5.95. The number of hydrogen-bond acceptors (Lipinski definition) is 3. The zero-order valence-electron chi connectivity index (χ0n) is 13.9. The van der Waals surface area contributed by atoms with Gasteiger partial charge in [-0.15, -0.1) is 0 Å². The van der Waals surface area contributed by atoms with Gasteiger partial charge in [0.15, 0.2) is 0 Å². The van der Waals surface area contributed by atoms with E-state index in [9.17, 15) is 9.59 Å². The Hall–Kier alpha value is -2.53. The molecule has 0 aromatic heterocycles. The number of para-hydroxylation sites is 1. The van der Waals surface area contributed by atoms with E-state index in [1.165, 1.54) is 0 Å². The zero-order valence-corrected chi connectivity index (χ0v) is 14.6. The first-order valence-electron chi connectivity index (χ1n) is 8.03. The Kier molecular flexibility index (Phi) is 7.29. The summed E-state index contributed by atoms with van der Waals surface area (Å²) >= 11 is 6.02. The average molecular weight is 361 g/mol. The minimum Gasteiger partial charge on any atom is -0.491 e. The van der Waals surface area contributed by atoms with Gasteiger partial charge in [0, 0.05) is 19.5 Å². The molecular formula is C19H21ClN2O3. The van der Waals surface area contributed by atoms with Crippen LogP contribution in [0.25, 0.3) is 0 Å². The van der Waals surface area contributed by atoms with Crippen molar-refractivity contribution in [1.82, 2.24) is 4.90 Å². The number of ether oxygens (including phenoxy) is 1. The second kappa shape index (κ2) is 9.69. The van der Waals surface area contributed by atoms with E-state index in [2.05, 4.69) is 0 Å². The van der Waals surface area contributed by atoms with Crippen molar-refractivity contribution in [2.24, 2.45) is 5.73 Å². The fourth-order valence-corrected chi connectivity index (χ4v) is 2.50. The highest BCUT2D eigenvalue weighted by molar-refractivity contribution is 6.32. The number of hydrogen-bond donors (Lipinski definition) is 1. The van der Waals surface area contributed by atoms with Gasteiger partial charge in [-0.25, -0.2) is 0 Å². The van der Waals surface area contributed by atoms with E-state index in [1.54, 1.807) is 17.0 Å². The van der Waals surface area contributed by atoms with Crippen LogP contribution in [0.5, 0.6) is 5.75 Å². The number of benzene rings is 2. The van der Waals surface area contributed by atoms with Crippen LogP contribution in [0.3, 0.4) is 0 Å². The van der Waals surface area contributed by atoms with Gasteiger partial charge in [-0.05, 0) is 17.7 Å². The summed E-state index contributed by atoms with van der Waals surface area (Å²) in [4.78, 5) is 25.2. The molecule has 5 nitrogen and oxygen atoms in total. The van der Waals surface area contributed by atoms with Crippen LogP contribution in [0.4, 0.5) is 0 Å². The molecule has 0 spiro atoms. The van der Waals surface area contributed by atoms with Crippen molar-refractivity contribution >= 4 is 23.4 Å². The molecule has 2 N–H and O–H groups in total. The number of rotatable bonds is 9. The summed E-state index contributed by atoms with van der Waals surface area (Å²) < 4.78 is 5.56. The molecule has 132 valence electrons. The number of carbonyl (C=O) groups is 2. The molecule has 0 saturated heterocycles. The van der Waals surface area contributed by atoms with E-state index in [-0.39, 0.29) is 31.9 Å². The summed E-state index contributed by atoms with van der Waals surface area (Å²) in [5, 5.41) is 0.504. The minimum absolute atomic E-state index is 0.0999. The summed E-state index contributed by atoms with van der Waals surface area (Å²) in [5.74, 6) is 0.0130. The van der Waals surface area contributed by atoms with Gasteiger partial charge in [-0.2, -0.15) is 0 Å². The molecule has 0 atom stereocenters. The Morgan fingerprint density at radius 3 is 2.36 bits per heavy atom. The van der Waals surface area contributed by atoms with Gasteiger partial charge in [0.2, 0.25) is 11.8 Å². The summed E-state index contributed by atoms with van der Waals surface area (Å²) in [6.45, 7) is 0.929. The third-order valence-corrected chi connectivity index (χ3v) is 3.92. The van der Waals surface area contributed by atoms with Gasteiger partial charge in [0.05, 0.1) is 18.1 Å². The Bertz CT molecular complexity index is 707. The molecule has 0 aliphatic heterocycles. The topological polar surface area (TPSA) is 72.6 Å². The van der Waals surface area contributed by atoms with Crippen molar-refractivity contribution in [3.05, 3.63) is 65.2 Å². The molecule has 2 amide bonds. The monoisotopic (exact) mass is 360 g/mol. The van der Waals surface area contributed by atoms with Crippen LogP contribution in [0.15, 0.2) is 54.6 Å². The lowest BCUT2D eigenvalue weighted by Crippen LogP contribution is -2.34. The Morgan fingerprint density at radius 1 is 1.00 bits per heavy atom. The number of primary amides is 1. The molecule has 0 aliphatic rings. The predicted octanol–water partition coefficient (Wildman–Crippen LogP) is 3.01. The highest BCUT2D eigenvalue weighted by Gasteiger charge is 2.15. The highest BCUT2D eigenvalue weighted by Crippen LogP contribution is 2.23. The maximum atomic E-state index is 12.5. The van der Waals surface area contributed by atoms with E-state index in [0.717, 1.165) is 5.56 Å². The molecule has 0 saturated carbocycles. The summed E-state index contributed by atoms with van der Waals surface area (Å²) in [5.41, 5.74) is 6.20. The molecule has 0 fully saturated rings. The van der Waals surface area contributed by atoms with Gasteiger partial charge < -0.3 is 15.4 Å². The van der Waals surface area contributed by atoms with Gasteiger partial charge in [0.1, 0.15) is 5.75 Å². The van der Waals surface area contributed by atoms with Crippen molar-refractivity contribution in [3.63, 3.8) is 0 Å². The molecule has 0 heterocycles. The number of halogens is 1. The molecule has 0 radical (unpaired) electrons. The van der Waals surface area contributed by atoms with Crippen LogP contribution < -0.4 is 10.5 Å². The summed E-state index contributed by atoms with van der Waals surface area (Å²) in [6, 6.07) is 16.7. The van der Waals surface area contributed by atoms with Gasteiger partial charge in [-0.3, -0.25) is 9.59 Å². The fraction of sp³-hybridized carbons (Fsp3) is 0.263. The third-order valence-electron chi connectivity index (χ3n) is 3.61. The average Bonchev–Trinajstić information content (AvgIpc) is 2.61. The van der Waals surface area contributed by atoms with Crippen LogP contribution in [0.2, 0.25) is 5.02 Å². The van der Waals surface area contributed by atoms with Crippen molar-refractivity contribution in [2.75, 3.05) is 13.2 Å². The minimum atomic E-state index is -0.432. The number of nitrogens with zero attached hydrogens (tertiary/aromatic N) is 1. The zero-order chi connectivity index (χ0) is 18.1. The maximum Gasteiger partial charge on any atom is 0.226 e. The van der Waals surface area contributed by atoms with Crippen LogP contribution in [-0.4, -0.2) is 29.9 Å². The van der Waals surface area contributed by atoms with E-state index >= 15 is 0 Å². The second-order valence-electron chi connectivity index (χ2n) is 5.55. The molecule has 2 aromatic carbocycles. The third kappa shape index (κ3) is 6.47. The fourth-order valence-electron chi connectivity index (χ4n) is 2.31. The van der Waals surface area contributed by atoms with Gasteiger partial charge in [0.25, 0.3) is 0 Å². The van der Waals surface area contributed by atoms with E-state index in [0.29, 0.717) is 17.3 Å². The lowest BCUT2D eigenvalue weighted by Gasteiger charge is -2.22. The summed E-state index contributed by atoms with van der Waals surface area (Å²) in [7, 11) is 0. The van der Waals surface area contributed by atoms with Crippen molar-refractivity contribution < 1.29 is 14.3 Å². The Labute approximate surface area is 152 Å². The van der Waals surface area contributed by atoms with Crippen molar-refractivity contribution in [1.29, 1.82) is 0 Å².